The summed E-state index contributed by atoms with van der Waals surface area (Å²) in [6.07, 6.45) is 6.61. The molecule has 4 rings (SSSR count). The van der Waals surface area contributed by atoms with Crippen LogP contribution in [0.25, 0.3) is 0 Å². The predicted octanol–water partition coefficient (Wildman–Crippen LogP) is 2.48. The number of hydrazone groups is 1. The maximum absolute atomic E-state index is 12.4. The Kier molecular flexibility index (Phi) is 2.76. The Balaban J connectivity index is 1.58. The predicted molar refractivity (Wildman–Crippen MR) is 78.6 cm³/mol. The molecule has 0 aromatic heterocycles. The Bertz CT molecular complexity index is 650. The van der Waals surface area contributed by atoms with Gasteiger partial charge in [-0.25, -0.2) is 0 Å². The van der Waals surface area contributed by atoms with Crippen molar-refractivity contribution in [3.63, 3.8) is 0 Å². The fourth-order valence-electron chi connectivity index (χ4n) is 3.67. The van der Waals surface area contributed by atoms with Crippen LogP contribution in [0.4, 0.5) is 0 Å². The van der Waals surface area contributed by atoms with Crippen LogP contribution in [-0.4, -0.2) is 23.0 Å². The van der Waals surface area contributed by atoms with Crippen LogP contribution in [0, 0.1) is 23.7 Å². The van der Waals surface area contributed by atoms with Crippen molar-refractivity contribution in [1.29, 1.82) is 0 Å². The standard InChI is InChI=1S/C16H13ClN2O2/c17-12-5-1-9(2-6-12)8-18-19-15(20)13-10-3-4-11(7-10)14(13)16(19)21/h1-6,8,10-11,13-14H,7H2/t10-,11-,13-,14+/m0/s1. The minimum Gasteiger partial charge on any atom is -0.272 e. The van der Waals surface area contributed by atoms with Gasteiger partial charge in [0.05, 0.1) is 18.1 Å². The molecule has 1 saturated carbocycles. The van der Waals surface area contributed by atoms with Crippen LogP contribution < -0.4 is 0 Å². The summed E-state index contributed by atoms with van der Waals surface area (Å²) in [6.45, 7) is 0. The highest BCUT2D eigenvalue weighted by Gasteiger charge is 2.59. The summed E-state index contributed by atoms with van der Waals surface area (Å²) in [4.78, 5) is 24.8. The number of nitrogens with zero attached hydrogens (tertiary/aromatic N) is 2. The molecule has 2 amide bonds. The summed E-state index contributed by atoms with van der Waals surface area (Å²) in [6, 6.07) is 7.08. The highest BCUT2D eigenvalue weighted by molar-refractivity contribution is 6.30. The van der Waals surface area contributed by atoms with E-state index in [4.69, 9.17) is 11.6 Å². The second kappa shape index (κ2) is 4.53. The number of benzene rings is 1. The zero-order chi connectivity index (χ0) is 14.6. The Morgan fingerprint density at radius 1 is 1.05 bits per heavy atom. The quantitative estimate of drug-likeness (QED) is 0.479. The van der Waals surface area contributed by atoms with Crippen LogP contribution in [0.3, 0.4) is 0 Å². The van der Waals surface area contributed by atoms with Crippen LogP contribution in [0.1, 0.15) is 12.0 Å². The van der Waals surface area contributed by atoms with Gasteiger partial charge in [0.15, 0.2) is 0 Å². The van der Waals surface area contributed by atoms with E-state index in [-0.39, 0.29) is 35.5 Å². The van der Waals surface area contributed by atoms with Crippen LogP contribution in [0.2, 0.25) is 5.02 Å². The Labute approximate surface area is 127 Å². The van der Waals surface area contributed by atoms with Gasteiger partial charge in [-0.2, -0.15) is 10.1 Å². The fourth-order valence-corrected chi connectivity index (χ4v) is 3.80. The van der Waals surface area contributed by atoms with Gasteiger partial charge in [-0.3, -0.25) is 9.59 Å². The van der Waals surface area contributed by atoms with Gasteiger partial charge in [0.2, 0.25) is 0 Å². The molecule has 1 aromatic rings. The van der Waals surface area contributed by atoms with Crippen molar-refractivity contribution in [2.45, 2.75) is 6.42 Å². The van der Waals surface area contributed by atoms with E-state index >= 15 is 0 Å². The Hall–Kier alpha value is -1.94. The number of fused-ring (bicyclic) bond motifs is 5. The first kappa shape index (κ1) is 12.8. The molecule has 4 nitrogen and oxygen atoms in total. The van der Waals surface area contributed by atoms with Gasteiger partial charge in [0.25, 0.3) is 11.8 Å². The summed E-state index contributed by atoms with van der Waals surface area (Å²) >= 11 is 5.82. The van der Waals surface area contributed by atoms with E-state index in [1.807, 2.05) is 0 Å². The summed E-state index contributed by atoms with van der Waals surface area (Å²) in [7, 11) is 0. The van der Waals surface area contributed by atoms with Crippen molar-refractivity contribution < 1.29 is 9.59 Å². The molecule has 0 N–H and O–H groups in total. The van der Waals surface area contributed by atoms with E-state index < -0.39 is 0 Å². The van der Waals surface area contributed by atoms with Crippen molar-refractivity contribution in [2.75, 3.05) is 0 Å². The lowest BCUT2D eigenvalue weighted by Gasteiger charge is -2.13. The molecule has 21 heavy (non-hydrogen) atoms. The largest absolute Gasteiger partial charge is 0.272 e. The minimum atomic E-state index is -0.199. The zero-order valence-electron chi connectivity index (χ0n) is 11.1. The maximum atomic E-state index is 12.4. The molecule has 2 aliphatic carbocycles. The van der Waals surface area contributed by atoms with Gasteiger partial charge < -0.3 is 0 Å². The Morgan fingerprint density at radius 3 is 2.19 bits per heavy atom. The molecular weight excluding hydrogens is 288 g/mol. The molecule has 106 valence electrons. The molecule has 1 aliphatic heterocycles. The molecule has 2 bridgehead atoms. The monoisotopic (exact) mass is 300 g/mol. The van der Waals surface area contributed by atoms with E-state index in [1.165, 1.54) is 6.21 Å². The number of allylic oxidation sites excluding steroid dienone is 2. The zero-order valence-corrected chi connectivity index (χ0v) is 11.9. The number of halogens is 1. The van der Waals surface area contributed by atoms with Gasteiger partial charge in [-0.15, -0.1) is 0 Å². The number of imide groups is 1. The van der Waals surface area contributed by atoms with Crippen molar-refractivity contribution in [1.82, 2.24) is 5.01 Å². The minimum absolute atomic E-state index is 0.160. The molecule has 2 fully saturated rings. The van der Waals surface area contributed by atoms with Gasteiger partial charge in [-0.1, -0.05) is 35.9 Å². The smallest absolute Gasteiger partial charge is 0.254 e. The SMILES string of the molecule is O=C1[C@@H]2[C@H](C(=O)N1N=Cc1ccc(Cl)cc1)[C@H]1C=C[C@H]2C1. The first-order chi connectivity index (χ1) is 10.1. The molecule has 4 atom stereocenters. The first-order valence-corrected chi connectivity index (χ1v) is 7.38. The van der Waals surface area contributed by atoms with E-state index in [1.54, 1.807) is 24.3 Å². The number of amides is 2. The second-order valence-corrected chi connectivity index (χ2v) is 6.22. The molecule has 3 aliphatic rings. The van der Waals surface area contributed by atoms with Gasteiger partial charge in [0, 0.05) is 5.02 Å². The lowest BCUT2D eigenvalue weighted by molar-refractivity contribution is -0.140. The second-order valence-electron chi connectivity index (χ2n) is 5.78. The van der Waals surface area contributed by atoms with E-state index in [2.05, 4.69) is 17.3 Å². The van der Waals surface area contributed by atoms with Crippen LogP contribution in [-0.2, 0) is 9.59 Å². The average Bonchev–Trinajstić information content (AvgIpc) is 3.14. The molecule has 0 radical (unpaired) electrons. The Morgan fingerprint density at radius 2 is 1.62 bits per heavy atom. The van der Waals surface area contributed by atoms with Crippen LogP contribution in [0.5, 0.6) is 0 Å². The number of hydrogen-bond acceptors (Lipinski definition) is 3. The van der Waals surface area contributed by atoms with Crippen LogP contribution >= 0.6 is 11.6 Å². The maximum Gasteiger partial charge on any atom is 0.254 e. The number of carbonyl (C=O) groups is 2. The summed E-state index contributed by atoms with van der Waals surface area (Å²) < 4.78 is 0. The summed E-state index contributed by atoms with van der Waals surface area (Å²) in [5.41, 5.74) is 0.804. The topological polar surface area (TPSA) is 49.7 Å². The van der Waals surface area contributed by atoms with Crippen LogP contribution in [0.15, 0.2) is 41.5 Å². The van der Waals surface area contributed by atoms with E-state index in [0.29, 0.717) is 5.02 Å². The first-order valence-electron chi connectivity index (χ1n) is 7.01. The lowest BCUT2D eigenvalue weighted by atomic mass is 9.85. The van der Waals surface area contributed by atoms with Crippen molar-refractivity contribution in [2.24, 2.45) is 28.8 Å². The molecule has 5 heteroatoms. The summed E-state index contributed by atoms with van der Waals surface area (Å²) in [5, 5.41) is 5.79. The molecule has 1 aromatic carbocycles. The van der Waals surface area contributed by atoms with E-state index in [9.17, 15) is 9.59 Å². The van der Waals surface area contributed by atoms with E-state index in [0.717, 1.165) is 17.0 Å². The van der Waals surface area contributed by atoms with Crippen molar-refractivity contribution in [3.05, 3.63) is 47.0 Å². The molecule has 0 unspecified atom stereocenters. The molecule has 0 spiro atoms. The molecule has 1 heterocycles. The highest BCUT2D eigenvalue weighted by Crippen LogP contribution is 2.52. The molecule has 1 saturated heterocycles. The third-order valence-electron chi connectivity index (χ3n) is 4.64. The highest BCUT2D eigenvalue weighted by atomic mass is 35.5. The number of carbonyl (C=O) groups excluding carboxylic acids is 2. The number of rotatable bonds is 2. The third kappa shape index (κ3) is 1.86. The van der Waals surface area contributed by atoms with Crippen molar-refractivity contribution in [3.8, 4) is 0 Å². The number of hydrogen-bond donors (Lipinski definition) is 0. The fraction of sp³-hybridized carbons (Fsp3) is 0.312. The summed E-state index contributed by atoms with van der Waals surface area (Å²) in [5.74, 6) is -0.289. The average molecular weight is 301 g/mol. The normalized spacial score (nSPS) is 33.5. The third-order valence-corrected chi connectivity index (χ3v) is 4.89. The van der Waals surface area contributed by atoms with Gasteiger partial charge >= 0.3 is 0 Å². The molecular formula is C16H13ClN2O2. The lowest BCUT2D eigenvalue weighted by Crippen LogP contribution is -2.28. The van der Waals surface area contributed by atoms with Crippen molar-refractivity contribution >= 4 is 29.6 Å². The van der Waals surface area contributed by atoms with Gasteiger partial charge in [-0.05, 0) is 36.0 Å². The van der Waals surface area contributed by atoms with Gasteiger partial charge in [0.1, 0.15) is 0 Å².